The zero-order valence-electron chi connectivity index (χ0n) is 12.8. The number of likely N-dealkylation sites (N-methyl/N-ethyl adjacent to an activating group) is 1. The van der Waals surface area contributed by atoms with Gasteiger partial charge in [0.2, 0.25) is 5.91 Å². The maximum atomic E-state index is 12.3. The molecule has 1 unspecified atom stereocenters. The lowest BCUT2D eigenvalue weighted by atomic mass is 10.0. The van der Waals surface area contributed by atoms with Crippen LogP contribution >= 0.6 is 0 Å². The van der Waals surface area contributed by atoms with Crippen LogP contribution in [0.25, 0.3) is 0 Å². The summed E-state index contributed by atoms with van der Waals surface area (Å²) in [6.07, 6.45) is 1.63. The van der Waals surface area contributed by atoms with E-state index in [4.69, 9.17) is 5.73 Å². The molecule has 0 spiro atoms. The summed E-state index contributed by atoms with van der Waals surface area (Å²) in [6, 6.07) is 6.30. The van der Waals surface area contributed by atoms with Gasteiger partial charge in [-0.05, 0) is 50.0 Å². The van der Waals surface area contributed by atoms with Gasteiger partial charge in [0.1, 0.15) is 5.75 Å². The third-order valence-electron chi connectivity index (χ3n) is 4.11. The molecule has 1 aliphatic heterocycles. The van der Waals surface area contributed by atoms with Crippen LogP contribution in [0, 0.1) is 5.92 Å². The molecule has 1 aromatic carbocycles. The predicted molar refractivity (Wildman–Crippen MR) is 83.0 cm³/mol. The van der Waals surface area contributed by atoms with E-state index in [0.717, 1.165) is 31.6 Å². The quantitative estimate of drug-likeness (QED) is 0.837. The molecule has 1 fully saturated rings. The summed E-state index contributed by atoms with van der Waals surface area (Å²) in [5, 5.41) is 9.26. The van der Waals surface area contributed by atoms with E-state index < -0.39 is 6.04 Å². The van der Waals surface area contributed by atoms with E-state index in [-0.39, 0.29) is 11.7 Å². The van der Waals surface area contributed by atoms with Crippen molar-refractivity contribution in [3.63, 3.8) is 0 Å². The number of nitrogens with two attached hydrogens (primary N) is 1. The van der Waals surface area contributed by atoms with Crippen LogP contribution in [0.1, 0.15) is 12.0 Å². The highest BCUT2D eigenvalue weighted by molar-refractivity contribution is 5.81. The summed E-state index contributed by atoms with van der Waals surface area (Å²) in [4.78, 5) is 16.4. The summed E-state index contributed by atoms with van der Waals surface area (Å²) < 4.78 is 0. The van der Waals surface area contributed by atoms with Crippen LogP contribution in [0.3, 0.4) is 0 Å². The van der Waals surface area contributed by atoms with Crippen LogP contribution in [-0.2, 0) is 11.2 Å². The number of benzene rings is 1. The molecular weight excluding hydrogens is 266 g/mol. The second-order valence-corrected chi connectivity index (χ2v) is 6.11. The maximum Gasteiger partial charge on any atom is 0.239 e. The van der Waals surface area contributed by atoms with Crippen LogP contribution in [0.2, 0.25) is 0 Å². The third-order valence-corrected chi connectivity index (χ3v) is 4.11. The Hall–Kier alpha value is -1.59. The summed E-state index contributed by atoms with van der Waals surface area (Å²) in [6.45, 7) is 2.92. The molecule has 0 aromatic heterocycles. The van der Waals surface area contributed by atoms with E-state index in [2.05, 4.69) is 11.9 Å². The van der Waals surface area contributed by atoms with Crippen LogP contribution in [0.5, 0.6) is 5.75 Å². The first-order chi connectivity index (χ1) is 9.95. The summed E-state index contributed by atoms with van der Waals surface area (Å²) >= 11 is 0. The highest BCUT2D eigenvalue weighted by atomic mass is 16.3. The molecule has 5 heteroatoms. The van der Waals surface area contributed by atoms with Gasteiger partial charge < -0.3 is 20.6 Å². The third kappa shape index (κ3) is 4.44. The smallest absolute Gasteiger partial charge is 0.239 e. The molecule has 0 bridgehead atoms. The molecule has 2 rings (SSSR count). The largest absolute Gasteiger partial charge is 0.508 e. The van der Waals surface area contributed by atoms with E-state index in [1.165, 1.54) is 0 Å². The maximum absolute atomic E-state index is 12.3. The van der Waals surface area contributed by atoms with Crippen LogP contribution < -0.4 is 5.73 Å². The number of rotatable bonds is 5. The Morgan fingerprint density at radius 3 is 2.71 bits per heavy atom. The molecular formula is C16H25N3O2. The van der Waals surface area contributed by atoms with Gasteiger partial charge in [-0.25, -0.2) is 0 Å². The summed E-state index contributed by atoms with van der Waals surface area (Å²) in [7, 11) is 3.94. The molecule has 1 amide bonds. The van der Waals surface area contributed by atoms with Gasteiger partial charge in [0.15, 0.2) is 0 Å². The first-order valence-electron chi connectivity index (χ1n) is 7.42. The minimum atomic E-state index is -0.529. The lowest BCUT2D eigenvalue weighted by Crippen LogP contribution is -2.45. The molecule has 5 nitrogen and oxygen atoms in total. The number of nitrogens with zero attached hydrogens (tertiary/aromatic N) is 2. The normalized spacial score (nSPS) is 20.4. The molecule has 0 saturated carbocycles. The van der Waals surface area contributed by atoms with Crippen LogP contribution in [0.4, 0.5) is 0 Å². The topological polar surface area (TPSA) is 69.8 Å². The lowest BCUT2D eigenvalue weighted by Gasteiger charge is -2.24. The fourth-order valence-corrected chi connectivity index (χ4v) is 2.91. The Kier molecular flexibility index (Phi) is 5.20. The molecule has 1 heterocycles. The van der Waals surface area contributed by atoms with Crippen molar-refractivity contribution in [2.45, 2.75) is 18.9 Å². The van der Waals surface area contributed by atoms with Crippen molar-refractivity contribution < 1.29 is 9.90 Å². The van der Waals surface area contributed by atoms with Crippen LogP contribution in [-0.4, -0.2) is 60.6 Å². The average molecular weight is 291 g/mol. The Morgan fingerprint density at radius 2 is 2.14 bits per heavy atom. The van der Waals surface area contributed by atoms with Crippen molar-refractivity contribution in [1.82, 2.24) is 9.80 Å². The van der Waals surface area contributed by atoms with Gasteiger partial charge in [-0.15, -0.1) is 0 Å². The minimum Gasteiger partial charge on any atom is -0.508 e. The molecule has 3 N–H and O–H groups in total. The second-order valence-electron chi connectivity index (χ2n) is 6.11. The zero-order chi connectivity index (χ0) is 15.4. The van der Waals surface area contributed by atoms with Crippen molar-refractivity contribution in [3.05, 3.63) is 29.8 Å². The number of phenols is 1. The zero-order valence-corrected chi connectivity index (χ0v) is 12.8. The van der Waals surface area contributed by atoms with Crippen molar-refractivity contribution in [2.75, 3.05) is 33.7 Å². The molecule has 21 heavy (non-hydrogen) atoms. The van der Waals surface area contributed by atoms with Crippen LogP contribution in [0.15, 0.2) is 24.3 Å². The number of aromatic hydroxyl groups is 1. The van der Waals surface area contributed by atoms with Gasteiger partial charge >= 0.3 is 0 Å². The Morgan fingerprint density at radius 1 is 1.48 bits per heavy atom. The average Bonchev–Trinajstić information content (AvgIpc) is 2.85. The number of hydrogen-bond donors (Lipinski definition) is 2. The van der Waals surface area contributed by atoms with Gasteiger partial charge in [-0.3, -0.25) is 4.79 Å². The summed E-state index contributed by atoms with van der Waals surface area (Å²) in [5.74, 6) is 0.753. The second kappa shape index (κ2) is 6.91. The van der Waals surface area contributed by atoms with E-state index in [0.29, 0.717) is 12.3 Å². The van der Waals surface area contributed by atoms with Crippen molar-refractivity contribution in [2.24, 2.45) is 11.7 Å². The monoisotopic (exact) mass is 291 g/mol. The molecule has 1 aliphatic rings. The predicted octanol–water partition coefficient (Wildman–Crippen LogP) is 0.672. The first kappa shape index (κ1) is 15.8. The molecule has 0 aliphatic carbocycles. The Bertz CT molecular complexity index is 475. The fourth-order valence-electron chi connectivity index (χ4n) is 2.91. The van der Waals surface area contributed by atoms with E-state index in [9.17, 15) is 9.90 Å². The first-order valence-corrected chi connectivity index (χ1v) is 7.42. The van der Waals surface area contributed by atoms with Crippen molar-refractivity contribution in [3.8, 4) is 5.75 Å². The van der Waals surface area contributed by atoms with Gasteiger partial charge in [0.25, 0.3) is 0 Å². The molecule has 0 radical (unpaired) electrons. The highest BCUT2D eigenvalue weighted by Gasteiger charge is 2.25. The molecule has 1 aromatic rings. The van der Waals surface area contributed by atoms with Gasteiger partial charge in [-0.1, -0.05) is 12.1 Å². The van der Waals surface area contributed by atoms with E-state index >= 15 is 0 Å². The molecule has 116 valence electrons. The highest BCUT2D eigenvalue weighted by Crippen LogP contribution is 2.16. The summed E-state index contributed by atoms with van der Waals surface area (Å²) in [5.41, 5.74) is 6.99. The van der Waals surface area contributed by atoms with E-state index in [1.54, 1.807) is 29.2 Å². The van der Waals surface area contributed by atoms with Gasteiger partial charge in [0.05, 0.1) is 6.04 Å². The number of phenolic OH excluding ortho intramolecular Hbond substituents is 1. The SMILES string of the molecule is CN1CCC(CN(C)C(=O)[C@@H](N)Cc2ccc(O)cc2)C1. The fraction of sp³-hybridized carbons (Fsp3) is 0.562. The number of likely N-dealkylation sites (tertiary alicyclic amines) is 1. The van der Waals surface area contributed by atoms with Gasteiger partial charge in [0, 0.05) is 20.1 Å². The van der Waals surface area contributed by atoms with Gasteiger partial charge in [-0.2, -0.15) is 0 Å². The van der Waals surface area contributed by atoms with Crippen molar-refractivity contribution in [1.29, 1.82) is 0 Å². The molecule has 1 saturated heterocycles. The molecule has 2 atom stereocenters. The number of amides is 1. The minimum absolute atomic E-state index is 0.0161. The Labute approximate surface area is 126 Å². The lowest BCUT2D eigenvalue weighted by molar-refractivity contribution is -0.131. The number of carbonyl (C=O) groups excluding carboxylic acids is 1. The number of carbonyl (C=O) groups is 1. The van der Waals surface area contributed by atoms with E-state index in [1.807, 2.05) is 7.05 Å². The number of hydrogen-bond acceptors (Lipinski definition) is 4. The Balaban J connectivity index is 1.84. The van der Waals surface area contributed by atoms with Crippen molar-refractivity contribution >= 4 is 5.91 Å². The standard InChI is InChI=1S/C16H25N3O2/c1-18-8-7-13(10-18)11-19(2)16(21)15(17)9-12-3-5-14(20)6-4-12/h3-6,13,15,20H,7-11,17H2,1-2H3/t13?,15-/m0/s1.